The lowest BCUT2D eigenvalue weighted by molar-refractivity contribution is 0.445. The number of para-hydroxylation sites is 1. The van der Waals surface area contributed by atoms with Crippen LogP contribution in [0, 0.1) is 11.8 Å². The van der Waals surface area contributed by atoms with E-state index in [1.165, 1.54) is 37.2 Å². The minimum absolute atomic E-state index is 0.710. The first kappa shape index (κ1) is 14.4. The first-order valence-corrected chi connectivity index (χ1v) is 7.70. The lowest BCUT2D eigenvalue weighted by Crippen LogP contribution is -2.35. The summed E-state index contributed by atoms with van der Waals surface area (Å²) in [6.45, 7) is 11.4. The summed E-state index contributed by atoms with van der Waals surface area (Å²) in [6, 6.07) is 8.87. The quantitative estimate of drug-likeness (QED) is 0.869. The number of nitrogens with zero attached hydrogens (tertiary/aromatic N) is 1. The molecule has 2 rings (SSSR count). The summed E-state index contributed by atoms with van der Waals surface area (Å²) in [4.78, 5) is 2.57. The second-order valence-electron chi connectivity index (χ2n) is 6.35. The predicted molar refractivity (Wildman–Crippen MR) is 83.6 cm³/mol. The number of benzene rings is 1. The second kappa shape index (κ2) is 6.95. The molecule has 2 nitrogen and oxygen atoms in total. The molecular weight excluding hydrogens is 232 g/mol. The van der Waals surface area contributed by atoms with Gasteiger partial charge in [0, 0.05) is 25.3 Å². The van der Waals surface area contributed by atoms with Gasteiger partial charge in [0.1, 0.15) is 0 Å². The SMILES string of the molecule is CC(C)CNCc1ccccc1N1CCCC(C)C1. The molecule has 19 heavy (non-hydrogen) atoms. The van der Waals surface area contributed by atoms with E-state index >= 15 is 0 Å². The number of nitrogens with one attached hydrogen (secondary N) is 1. The van der Waals surface area contributed by atoms with Gasteiger partial charge in [-0.2, -0.15) is 0 Å². The third-order valence-electron chi connectivity index (χ3n) is 3.86. The fourth-order valence-corrected chi connectivity index (χ4v) is 2.87. The van der Waals surface area contributed by atoms with E-state index in [0.29, 0.717) is 5.92 Å². The fourth-order valence-electron chi connectivity index (χ4n) is 2.87. The first-order chi connectivity index (χ1) is 9.16. The second-order valence-corrected chi connectivity index (χ2v) is 6.35. The van der Waals surface area contributed by atoms with Gasteiger partial charge in [-0.3, -0.25) is 0 Å². The molecule has 0 aliphatic carbocycles. The summed E-state index contributed by atoms with van der Waals surface area (Å²) in [5, 5.41) is 3.57. The molecule has 1 aliphatic rings. The van der Waals surface area contributed by atoms with Gasteiger partial charge in [0.05, 0.1) is 0 Å². The van der Waals surface area contributed by atoms with Crippen LogP contribution in [0.25, 0.3) is 0 Å². The molecule has 1 aliphatic heterocycles. The Morgan fingerprint density at radius 1 is 1.32 bits per heavy atom. The summed E-state index contributed by atoms with van der Waals surface area (Å²) in [5.41, 5.74) is 2.88. The van der Waals surface area contributed by atoms with Crippen LogP contribution in [0.15, 0.2) is 24.3 Å². The highest BCUT2D eigenvalue weighted by atomic mass is 15.1. The maximum absolute atomic E-state index is 3.57. The molecule has 0 bridgehead atoms. The molecule has 1 saturated heterocycles. The zero-order valence-electron chi connectivity index (χ0n) is 12.7. The van der Waals surface area contributed by atoms with E-state index in [1.54, 1.807) is 0 Å². The van der Waals surface area contributed by atoms with E-state index in [1.807, 2.05) is 0 Å². The van der Waals surface area contributed by atoms with Crippen molar-refractivity contribution in [1.29, 1.82) is 0 Å². The van der Waals surface area contributed by atoms with Crippen molar-refractivity contribution >= 4 is 5.69 Å². The Kier molecular flexibility index (Phi) is 5.26. The van der Waals surface area contributed by atoms with Crippen LogP contribution in [0.2, 0.25) is 0 Å². The highest BCUT2D eigenvalue weighted by Crippen LogP contribution is 2.26. The molecule has 1 N–H and O–H groups in total. The van der Waals surface area contributed by atoms with Crippen molar-refractivity contribution in [3.63, 3.8) is 0 Å². The predicted octanol–water partition coefficient (Wildman–Crippen LogP) is 3.67. The fraction of sp³-hybridized carbons (Fsp3) is 0.647. The molecule has 1 unspecified atom stereocenters. The maximum Gasteiger partial charge on any atom is 0.0411 e. The highest BCUT2D eigenvalue weighted by Gasteiger charge is 2.18. The standard InChI is InChI=1S/C17H28N2/c1-14(2)11-18-12-16-8-4-5-9-17(16)19-10-6-7-15(3)13-19/h4-5,8-9,14-15,18H,6-7,10-13H2,1-3H3. The van der Waals surface area contributed by atoms with Crippen molar-refractivity contribution in [2.24, 2.45) is 11.8 Å². The summed E-state index contributed by atoms with van der Waals surface area (Å²) >= 11 is 0. The van der Waals surface area contributed by atoms with Gasteiger partial charge in [-0.05, 0) is 42.9 Å². The molecule has 0 saturated carbocycles. The highest BCUT2D eigenvalue weighted by molar-refractivity contribution is 5.54. The normalized spacial score (nSPS) is 20.0. The monoisotopic (exact) mass is 260 g/mol. The summed E-state index contributed by atoms with van der Waals surface area (Å²) in [6.07, 6.45) is 2.71. The molecule has 0 radical (unpaired) electrons. The minimum Gasteiger partial charge on any atom is -0.371 e. The van der Waals surface area contributed by atoms with Crippen molar-refractivity contribution in [3.8, 4) is 0 Å². The molecule has 1 aromatic rings. The zero-order valence-corrected chi connectivity index (χ0v) is 12.7. The molecule has 0 amide bonds. The van der Waals surface area contributed by atoms with Gasteiger partial charge in [-0.15, -0.1) is 0 Å². The topological polar surface area (TPSA) is 15.3 Å². The van der Waals surface area contributed by atoms with Crippen molar-refractivity contribution in [2.75, 3.05) is 24.5 Å². The minimum atomic E-state index is 0.710. The molecule has 0 spiro atoms. The number of anilines is 1. The van der Waals surface area contributed by atoms with Crippen molar-refractivity contribution in [2.45, 2.75) is 40.2 Å². The van der Waals surface area contributed by atoms with E-state index in [2.05, 4.69) is 55.3 Å². The van der Waals surface area contributed by atoms with Gasteiger partial charge < -0.3 is 10.2 Å². The van der Waals surface area contributed by atoms with Crippen LogP contribution in [-0.2, 0) is 6.54 Å². The van der Waals surface area contributed by atoms with Crippen molar-refractivity contribution < 1.29 is 0 Å². The smallest absolute Gasteiger partial charge is 0.0411 e. The number of hydrogen-bond donors (Lipinski definition) is 1. The van der Waals surface area contributed by atoms with Gasteiger partial charge in [-0.1, -0.05) is 39.0 Å². The van der Waals surface area contributed by atoms with Crippen molar-refractivity contribution in [1.82, 2.24) is 5.32 Å². The molecule has 1 fully saturated rings. The summed E-state index contributed by atoms with van der Waals surface area (Å²) in [7, 11) is 0. The molecule has 1 heterocycles. The Morgan fingerprint density at radius 3 is 2.84 bits per heavy atom. The van der Waals surface area contributed by atoms with Gasteiger partial charge in [-0.25, -0.2) is 0 Å². The number of rotatable bonds is 5. The Morgan fingerprint density at radius 2 is 2.11 bits per heavy atom. The van der Waals surface area contributed by atoms with E-state index in [0.717, 1.165) is 19.0 Å². The lowest BCUT2D eigenvalue weighted by atomic mass is 9.99. The number of hydrogen-bond acceptors (Lipinski definition) is 2. The average molecular weight is 260 g/mol. The Labute approximate surface area is 118 Å². The molecule has 0 aromatic heterocycles. The van der Waals surface area contributed by atoms with Crippen LogP contribution in [0.1, 0.15) is 39.2 Å². The average Bonchev–Trinajstić information content (AvgIpc) is 2.39. The van der Waals surface area contributed by atoms with E-state index in [-0.39, 0.29) is 0 Å². The van der Waals surface area contributed by atoms with Crippen LogP contribution < -0.4 is 10.2 Å². The molecule has 106 valence electrons. The summed E-state index contributed by atoms with van der Waals surface area (Å²) < 4.78 is 0. The van der Waals surface area contributed by atoms with Crippen molar-refractivity contribution in [3.05, 3.63) is 29.8 Å². The van der Waals surface area contributed by atoms with Crippen LogP contribution in [0.4, 0.5) is 5.69 Å². The zero-order chi connectivity index (χ0) is 13.7. The maximum atomic E-state index is 3.57. The Balaban J connectivity index is 2.02. The van der Waals surface area contributed by atoms with Crippen LogP contribution in [-0.4, -0.2) is 19.6 Å². The van der Waals surface area contributed by atoms with Crippen LogP contribution >= 0.6 is 0 Å². The number of piperidine rings is 1. The molecule has 2 heteroatoms. The molecule has 1 atom stereocenters. The van der Waals surface area contributed by atoms with Crippen LogP contribution in [0.5, 0.6) is 0 Å². The van der Waals surface area contributed by atoms with Gasteiger partial charge >= 0.3 is 0 Å². The third-order valence-corrected chi connectivity index (χ3v) is 3.86. The van der Waals surface area contributed by atoms with Crippen LogP contribution in [0.3, 0.4) is 0 Å². The van der Waals surface area contributed by atoms with Gasteiger partial charge in [0.2, 0.25) is 0 Å². The Bertz CT molecular complexity index is 387. The van der Waals surface area contributed by atoms with Gasteiger partial charge in [0.15, 0.2) is 0 Å². The third kappa shape index (κ3) is 4.24. The van der Waals surface area contributed by atoms with E-state index in [9.17, 15) is 0 Å². The molecular formula is C17H28N2. The largest absolute Gasteiger partial charge is 0.371 e. The first-order valence-electron chi connectivity index (χ1n) is 7.70. The lowest BCUT2D eigenvalue weighted by Gasteiger charge is -2.34. The Hall–Kier alpha value is -1.02. The summed E-state index contributed by atoms with van der Waals surface area (Å²) in [5.74, 6) is 1.53. The van der Waals surface area contributed by atoms with E-state index in [4.69, 9.17) is 0 Å². The molecule has 1 aromatic carbocycles. The van der Waals surface area contributed by atoms with E-state index < -0.39 is 0 Å². The van der Waals surface area contributed by atoms with Gasteiger partial charge in [0.25, 0.3) is 0 Å².